The average molecular weight is 326 g/mol. The van der Waals surface area contributed by atoms with Gasteiger partial charge in [-0.15, -0.1) is 0 Å². The van der Waals surface area contributed by atoms with E-state index >= 15 is 0 Å². The molecule has 0 heterocycles. The molecule has 0 bridgehead atoms. The highest BCUT2D eigenvalue weighted by molar-refractivity contribution is 9.09. The van der Waals surface area contributed by atoms with Crippen molar-refractivity contribution in [2.75, 3.05) is 25.0 Å². The molecular weight excluding hydrogens is 302 g/mol. The highest BCUT2D eigenvalue weighted by Crippen LogP contribution is 2.28. The minimum Gasteiger partial charge on any atom is -0.396 e. The van der Waals surface area contributed by atoms with E-state index in [4.69, 9.17) is 5.11 Å². The van der Waals surface area contributed by atoms with E-state index in [-0.39, 0.29) is 0 Å². The minimum absolute atomic E-state index is 0.299. The van der Waals surface area contributed by atoms with Gasteiger partial charge in [0.2, 0.25) is 0 Å². The molecule has 2 rings (SSSR count). The molecule has 106 valence electrons. The zero-order chi connectivity index (χ0) is 13.5. The van der Waals surface area contributed by atoms with Crippen LogP contribution in [0.1, 0.15) is 37.2 Å². The molecular formula is C16H24BrNO. The van der Waals surface area contributed by atoms with Crippen LogP contribution in [0.4, 0.5) is 0 Å². The van der Waals surface area contributed by atoms with E-state index in [0.717, 1.165) is 30.9 Å². The van der Waals surface area contributed by atoms with Gasteiger partial charge in [0.1, 0.15) is 0 Å². The number of alkyl halides is 1. The van der Waals surface area contributed by atoms with E-state index in [1.165, 1.54) is 24.8 Å². The highest BCUT2D eigenvalue weighted by atomic mass is 79.9. The highest BCUT2D eigenvalue weighted by Gasteiger charge is 2.26. The summed E-state index contributed by atoms with van der Waals surface area (Å²) in [5.74, 6) is 0.542. The van der Waals surface area contributed by atoms with E-state index in [0.29, 0.717) is 12.5 Å². The van der Waals surface area contributed by atoms with E-state index in [2.05, 4.69) is 51.2 Å². The quantitative estimate of drug-likeness (QED) is 0.740. The molecule has 0 aliphatic heterocycles. The van der Waals surface area contributed by atoms with Crippen molar-refractivity contribution in [3.63, 3.8) is 0 Å². The van der Waals surface area contributed by atoms with Gasteiger partial charge in [0.25, 0.3) is 0 Å². The maximum Gasteiger partial charge on any atom is 0.0443 e. The van der Waals surface area contributed by atoms with Crippen molar-refractivity contribution in [3.8, 4) is 0 Å². The molecule has 0 aromatic heterocycles. The van der Waals surface area contributed by atoms with Gasteiger partial charge in [0.05, 0.1) is 0 Å². The number of benzene rings is 1. The number of aliphatic hydroxyl groups is 1. The smallest absolute Gasteiger partial charge is 0.0443 e. The Morgan fingerprint density at radius 1 is 1.26 bits per heavy atom. The first-order valence-electron chi connectivity index (χ1n) is 7.31. The molecule has 1 unspecified atom stereocenters. The molecule has 1 atom stereocenters. The van der Waals surface area contributed by atoms with E-state index in [1.54, 1.807) is 0 Å². The van der Waals surface area contributed by atoms with Gasteiger partial charge in [-0.1, -0.05) is 52.7 Å². The number of hydrogen-bond acceptors (Lipinski definition) is 2. The molecule has 1 N–H and O–H groups in total. The van der Waals surface area contributed by atoms with Crippen molar-refractivity contribution in [3.05, 3.63) is 35.9 Å². The van der Waals surface area contributed by atoms with Crippen LogP contribution in [0.5, 0.6) is 0 Å². The van der Waals surface area contributed by atoms with Crippen LogP contribution < -0.4 is 0 Å². The molecule has 3 heteroatoms. The monoisotopic (exact) mass is 325 g/mol. The lowest BCUT2D eigenvalue weighted by molar-refractivity contribution is 0.111. The molecule has 0 spiro atoms. The van der Waals surface area contributed by atoms with Gasteiger partial charge >= 0.3 is 0 Å². The second-order valence-electron chi connectivity index (χ2n) is 5.42. The van der Waals surface area contributed by atoms with Crippen LogP contribution in [0.25, 0.3) is 0 Å². The Kier molecular flexibility index (Phi) is 6.35. The third-order valence-electron chi connectivity index (χ3n) is 4.11. The summed E-state index contributed by atoms with van der Waals surface area (Å²) in [6.45, 7) is 2.42. The van der Waals surface area contributed by atoms with Crippen molar-refractivity contribution >= 4 is 15.9 Å². The van der Waals surface area contributed by atoms with E-state index in [1.807, 2.05) is 0 Å². The predicted octanol–water partition coefficient (Wildman–Crippen LogP) is 3.40. The van der Waals surface area contributed by atoms with Gasteiger partial charge in [-0.25, -0.2) is 0 Å². The Morgan fingerprint density at radius 2 is 2.00 bits per heavy atom. The van der Waals surface area contributed by atoms with Crippen LogP contribution in [0, 0.1) is 0 Å². The van der Waals surface area contributed by atoms with Crippen LogP contribution >= 0.6 is 15.9 Å². The molecule has 1 aliphatic rings. The first-order valence-corrected chi connectivity index (χ1v) is 8.43. The number of rotatable bonds is 8. The molecule has 1 aliphatic carbocycles. The van der Waals surface area contributed by atoms with Gasteiger partial charge < -0.3 is 5.11 Å². The topological polar surface area (TPSA) is 23.5 Å². The summed E-state index contributed by atoms with van der Waals surface area (Å²) in [4.78, 5) is 2.58. The SMILES string of the molecule is OCCCN(CC(CBr)c1ccccc1)C1CCC1. The summed E-state index contributed by atoms with van der Waals surface area (Å²) in [5.41, 5.74) is 1.41. The Morgan fingerprint density at radius 3 is 2.53 bits per heavy atom. The first-order chi connectivity index (χ1) is 9.35. The largest absolute Gasteiger partial charge is 0.396 e. The number of halogens is 1. The third-order valence-corrected chi connectivity index (χ3v) is 4.89. The Balaban J connectivity index is 1.97. The summed E-state index contributed by atoms with van der Waals surface area (Å²) in [6, 6.07) is 11.5. The van der Waals surface area contributed by atoms with Crippen LogP contribution in [-0.4, -0.2) is 41.1 Å². The maximum atomic E-state index is 9.06. The molecule has 0 amide bonds. The molecule has 1 aromatic carbocycles. The Hall–Kier alpha value is -0.380. The normalized spacial score (nSPS) is 17.4. The molecule has 1 aromatic rings. The van der Waals surface area contributed by atoms with E-state index in [9.17, 15) is 0 Å². The van der Waals surface area contributed by atoms with Gasteiger partial charge in [0.15, 0.2) is 0 Å². The van der Waals surface area contributed by atoms with Gasteiger partial charge in [-0.2, -0.15) is 0 Å². The second-order valence-corrected chi connectivity index (χ2v) is 6.07. The molecule has 2 nitrogen and oxygen atoms in total. The van der Waals surface area contributed by atoms with Crippen LogP contribution in [0.15, 0.2) is 30.3 Å². The molecule has 1 saturated carbocycles. The van der Waals surface area contributed by atoms with Gasteiger partial charge in [0, 0.05) is 37.0 Å². The molecule has 0 saturated heterocycles. The summed E-state index contributed by atoms with van der Waals surface area (Å²) >= 11 is 3.66. The van der Waals surface area contributed by atoms with Crippen molar-refractivity contribution in [1.82, 2.24) is 4.90 Å². The lowest BCUT2D eigenvalue weighted by atomic mass is 9.89. The first kappa shape index (κ1) is 15.0. The van der Waals surface area contributed by atoms with Crippen LogP contribution in [0.2, 0.25) is 0 Å². The minimum atomic E-state index is 0.299. The maximum absolute atomic E-state index is 9.06. The van der Waals surface area contributed by atoms with Crippen LogP contribution in [-0.2, 0) is 0 Å². The summed E-state index contributed by atoms with van der Waals surface area (Å²) < 4.78 is 0. The van der Waals surface area contributed by atoms with E-state index < -0.39 is 0 Å². The summed E-state index contributed by atoms with van der Waals surface area (Å²) in [5, 5.41) is 10.1. The fourth-order valence-corrected chi connectivity index (χ4v) is 3.28. The number of nitrogens with zero attached hydrogens (tertiary/aromatic N) is 1. The zero-order valence-corrected chi connectivity index (χ0v) is 13.1. The van der Waals surface area contributed by atoms with Gasteiger partial charge in [-0.3, -0.25) is 4.90 Å². The van der Waals surface area contributed by atoms with Crippen molar-refractivity contribution in [2.45, 2.75) is 37.6 Å². The van der Waals surface area contributed by atoms with Crippen LogP contribution in [0.3, 0.4) is 0 Å². The molecule has 1 fully saturated rings. The predicted molar refractivity (Wildman–Crippen MR) is 83.9 cm³/mol. The lowest BCUT2D eigenvalue weighted by Crippen LogP contribution is -2.43. The summed E-state index contributed by atoms with van der Waals surface area (Å²) in [6.07, 6.45) is 4.91. The average Bonchev–Trinajstić information content (AvgIpc) is 2.40. The summed E-state index contributed by atoms with van der Waals surface area (Å²) in [7, 11) is 0. The lowest BCUT2D eigenvalue weighted by Gasteiger charge is -2.39. The molecule has 0 radical (unpaired) electrons. The van der Waals surface area contributed by atoms with Crippen molar-refractivity contribution in [1.29, 1.82) is 0 Å². The Bertz CT molecular complexity index is 353. The van der Waals surface area contributed by atoms with Crippen molar-refractivity contribution in [2.24, 2.45) is 0 Å². The fraction of sp³-hybridized carbons (Fsp3) is 0.625. The number of aliphatic hydroxyl groups excluding tert-OH is 1. The standard InChI is InChI=1S/C16H24BrNO/c17-12-15(14-6-2-1-3-7-14)13-18(10-5-11-19)16-8-4-9-16/h1-3,6-7,15-16,19H,4-5,8-13H2. The number of hydrogen-bond donors (Lipinski definition) is 1. The Labute approximate surface area is 124 Å². The second kappa shape index (κ2) is 8.03. The third kappa shape index (κ3) is 4.30. The van der Waals surface area contributed by atoms with Crippen molar-refractivity contribution < 1.29 is 5.11 Å². The molecule has 19 heavy (non-hydrogen) atoms. The zero-order valence-electron chi connectivity index (χ0n) is 11.5. The fourth-order valence-electron chi connectivity index (χ4n) is 2.70. The van der Waals surface area contributed by atoms with Gasteiger partial charge in [-0.05, 0) is 24.8 Å².